The lowest BCUT2D eigenvalue weighted by Gasteiger charge is -2.17. The summed E-state index contributed by atoms with van der Waals surface area (Å²) in [4.78, 5) is 3.76. The van der Waals surface area contributed by atoms with Crippen molar-refractivity contribution >= 4 is 78.2 Å². The smallest absolute Gasteiger partial charge is 0.262 e. The van der Waals surface area contributed by atoms with Gasteiger partial charge in [-0.1, -0.05) is 101 Å². The molecule has 2 heterocycles. The topological polar surface area (TPSA) is 7.12 Å². The van der Waals surface area contributed by atoms with Gasteiger partial charge in [-0.2, -0.15) is 4.57 Å². The average molecular weight is 578 g/mol. The van der Waals surface area contributed by atoms with Gasteiger partial charge in [0, 0.05) is 34.0 Å². The first-order valence-corrected chi connectivity index (χ1v) is 16.0. The summed E-state index contributed by atoms with van der Waals surface area (Å²) in [6, 6.07) is 26.3. The Balaban J connectivity index is 1.18. The van der Waals surface area contributed by atoms with Crippen LogP contribution in [-0.2, 0) is 6.54 Å². The molecule has 0 unspecified atom stereocenters. The van der Waals surface area contributed by atoms with Gasteiger partial charge in [-0.05, 0) is 72.2 Å². The third kappa shape index (κ3) is 4.30. The van der Waals surface area contributed by atoms with E-state index in [0.717, 1.165) is 31.0 Å². The molecule has 0 spiro atoms. The van der Waals surface area contributed by atoms with Crippen LogP contribution in [0.3, 0.4) is 0 Å². The first kappa shape index (κ1) is 25.6. The number of thiazole rings is 1. The van der Waals surface area contributed by atoms with E-state index in [1.807, 2.05) is 23.1 Å². The maximum Gasteiger partial charge on any atom is 0.262 e. The van der Waals surface area contributed by atoms with Crippen LogP contribution in [0.2, 0.25) is 0 Å². The van der Waals surface area contributed by atoms with Crippen molar-refractivity contribution in [2.45, 2.75) is 38.1 Å². The Bertz CT molecular complexity index is 1920. The van der Waals surface area contributed by atoms with Gasteiger partial charge in [0.15, 0.2) is 0 Å². The molecule has 1 aliphatic carbocycles. The Morgan fingerprint density at radius 1 is 0.850 bits per heavy atom. The predicted octanol–water partition coefficient (Wildman–Crippen LogP) is 10.2. The van der Waals surface area contributed by atoms with E-state index in [4.69, 9.17) is 11.6 Å². The number of benzene rings is 4. The number of allylic oxidation sites excluding steroid dienone is 6. The predicted molar refractivity (Wildman–Crippen MR) is 175 cm³/mol. The highest BCUT2D eigenvalue weighted by Crippen LogP contribution is 2.49. The molecule has 0 fully saturated rings. The highest BCUT2D eigenvalue weighted by Gasteiger charge is 2.26. The standard InChI is InChI=1S/C35H30ClN2S2/c1-3-37-29-19-15-23-9-5-7-11-27(23)34(29)39-31(37)21-17-25-13-14-26(33(25)36)18-22-32-38(4-2)30-20-16-24-10-6-8-12-28(24)35(30)40-32/h5-12,15-22H,3-4,13-14H2,1-2H3/q+1. The molecule has 5 heteroatoms. The summed E-state index contributed by atoms with van der Waals surface area (Å²) in [5.41, 5.74) is 5.04. The minimum atomic E-state index is 0.900. The highest BCUT2D eigenvalue weighted by atomic mass is 35.5. The molecule has 4 aromatic carbocycles. The van der Waals surface area contributed by atoms with Gasteiger partial charge in [-0.3, -0.25) is 0 Å². The molecule has 40 heavy (non-hydrogen) atoms. The van der Waals surface area contributed by atoms with E-state index in [1.165, 1.54) is 63.5 Å². The summed E-state index contributed by atoms with van der Waals surface area (Å²) in [5.74, 6) is 0. The Labute approximate surface area is 248 Å². The quantitative estimate of drug-likeness (QED) is 0.192. The molecule has 0 amide bonds. The summed E-state index contributed by atoms with van der Waals surface area (Å²) in [6.45, 7) is 6.31. The van der Waals surface area contributed by atoms with Gasteiger partial charge in [0.25, 0.3) is 5.01 Å². The summed E-state index contributed by atoms with van der Waals surface area (Å²) < 4.78 is 3.76. The number of rotatable bonds is 5. The Morgan fingerprint density at radius 2 is 1.60 bits per heavy atom. The van der Waals surface area contributed by atoms with Crippen LogP contribution in [0.4, 0.5) is 5.69 Å². The normalized spacial score (nSPS) is 17.6. The van der Waals surface area contributed by atoms with Crippen LogP contribution in [0.1, 0.15) is 31.7 Å². The van der Waals surface area contributed by atoms with Crippen molar-refractivity contribution in [3.8, 4) is 0 Å². The van der Waals surface area contributed by atoms with Crippen LogP contribution in [0.25, 0.3) is 37.8 Å². The number of aryl methyl sites for hydroxylation is 1. The number of nitrogens with zero attached hydrogens (tertiary/aromatic N) is 2. The van der Waals surface area contributed by atoms with Gasteiger partial charge in [-0.25, -0.2) is 0 Å². The monoisotopic (exact) mass is 577 g/mol. The highest BCUT2D eigenvalue weighted by molar-refractivity contribution is 8.04. The van der Waals surface area contributed by atoms with Crippen molar-refractivity contribution in [2.75, 3.05) is 11.4 Å². The van der Waals surface area contributed by atoms with Crippen LogP contribution in [0.5, 0.6) is 0 Å². The molecule has 0 atom stereocenters. The fourth-order valence-corrected chi connectivity index (χ4v) is 8.75. The van der Waals surface area contributed by atoms with Crippen molar-refractivity contribution in [1.82, 2.24) is 0 Å². The van der Waals surface area contributed by atoms with Crippen LogP contribution in [-0.4, -0.2) is 6.54 Å². The summed E-state index contributed by atoms with van der Waals surface area (Å²) in [5, 5.41) is 8.65. The number of thioether (sulfide) groups is 1. The zero-order chi connectivity index (χ0) is 27.2. The van der Waals surface area contributed by atoms with Crippen molar-refractivity contribution in [3.63, 3.8) is 0 Å². The number of hydrogen-bond acceptors (Lipinski definition) is 3. The third-order valence-electron chi connectivity index (χ3n) is 7.96. The van der Waals surface area contributed by atoms with Crippen LogP contribution >= 0.6 is 34.7 Å². The lowest BCUT2D eigenvalue weighted by atomic mass is 10.1. The molecular weight excluding hydrogens is 548 g/mol. The third-order valence-corrected chi connectivity index (χ3v) is 10.8. The second-order valence-electron chi connectivity index (χ2n) is 10.2. The Kier molecular flexibility index (Phi) is 6.79. The SMILES string of the molecule is CCN1C(=CC=C2CCC(C=Cc3sc4c5ccccc5ccc4[n+]3CC)=C2Cl)Sc2c1ccc1ccccc21. The van der Waals surface area contributed by atoms with E-state index < -0.39 is 0 Å². The molecule has 1 aliphatic heterocycles. The molecule has 5 aromatic rings. The zero-order valence-electron chi connectivity index (χ0n) is 22.7. The second kappa shape index (κ2) is 10.6. The number of fused-ring (bicyclic) bond motifs is 6. The molecule has 2 aliphatic rings. The fourth-order valence-electron chi connectivity index (χ4n) is 5.91. The largest absolute Gasteiger partial charge is 0.335 e. The second-order valence-corrected chi connectivity index (χ2v) is 12.6. The van der Waals surface area contributed by atoms with E-state index >= 15 is 0 Å². The minimum absolute atomic E-state index is 0.900. The van der Waals surface area contributed by atoms with Gasteiger partial charge in [0.2, 0.25) is 5.52 Å². The maximum atomic E-state index is 6.97. The van der Waals surface area contributed by atoms with Crippen molar-refractivity contribution in [1.29, 1.82) is 0 Å². The van der Waals surface area contributed by atoms with E-state index in [9.17, 15) is 0 Å². The minimum Gasteiger partial charge on any atom is -0.335 e. The molecule has 7 rings (SSSR count). The van der Waals surface area contributed by atoms with Gasteiger partial charge >= 0.3 is 0 Å². The molecular formula is C35H30ClN2S2+. The lowest BCUT2D eigenvalue weighted by Crippen LogP contribution is -2.33. The Hall–Kier alpha value is -3.31. The van der Waals surface area contributed by atoms with Gasteiger partial charge < -0.3 is 4.90 Å². The average Bonchev–Trinajstić information content (AvgIpc) is 3.66. The van der Waals surface area contributed by atoms with Crippen molar-refractivity contribution in [2.24, 2.45) is 0 Å². The van der Waals surface area contributed by atoms with E-state index in [0.29, 0.717) is 0 Å². The summed E-state index contributed by atoms with van der Waals surface area (Å²) in [6.07, 6.45) is 10.9. The molecule has 0 bridgehead atoms. The molecule has 0 N–H and O–H groups in total. The molecule has 0 saturated carbocycles. The molecule has 1 aromatic heterocycles. The summed E-state index contributed by atoms with van der Waals surface area (Å²) in [7, 11) is 0. The first-order chi connectivity index (χ1) is 19.7. The van der Waals surface area contributed by atoms with Gasteiger partial charge in [0.1, 0.15) is 11.2 Å². The van der Waals surface area contributed by atoms with Gasteiger partial charge in [-0.15, -0.1) is 0 Å². The van der Waals surface area contributed by atoms with Gasteiger partial charge in [0.05, 0.1) is 10.7 Å². The van der Waals surface area contributed by atoms with Crippen LogP contribution in [0, 0.1) is 0 Å². The molecule has 0 saturated heterocycles. The van der Waals surface area contributed by atoms with Crippen molar-refractivity contribution < 1.29 is 4.57 Å². The van der Waals surface area contributed by atoms with Crippen molar-refractivity contribution in [3.05, 3.63) is 117 Å². The number of hydrogen-bond donors (Lipinski definition) is 0. The lowest BCUT2D eigenvalue weighted by molar-refractivity contribution is -0.665. The van der Waals surface area contributed by atoms with E-state index in [-0.39, 0.29) is 0 Å². The van der Waals surface area contributed by atoms with Crippen LogP contribution in [0.15, 0.2) is 117 Å². The molecule has 2 nitrogen and oxygen atoms in total. The zero-order valence-corrected chi connectivity index (χ0v) is 25.0. The van der Waals surface area contributed by atoms with E-state index in [2.05, 4.69) is 120 Å². The fraction of sp³-hybridized carbons (Fsp3) is 0.171. The maximum absolute atomic E-state index is 6.97. The molecule has 0 radical (unpaired) electrons. The summed E-state index contributed by atoms with van der Waals surface area (Å²) >= 11 is 10.7. The first-order valence-electron chi connectivity index (χ1n) is 14.0. The number of aromatic nitrogens is 1. The number of anilines is 1. The van der Waals surface area contributed by atoms with Crippen LogP contribution < -0.4 is 9.47 Å². The van der Waals surface area contributed by atoms with E-state index in [1.54, 1.807) is 0 Å². The Morgan fingerprint density at radius 3 is 2.40 bits per heavy atom. The molecule has 198 valence electrons. The number of halogens is 1.